The SMILES string of the molecule is CN=C(NCc1cccc(C(=O)N2CCCCC2)c1)Nc1ccc(OC)c(OC)c1. The van der Waals surface area contributed by atoms with E-state index in [0.717, 1.165) is 42.7 Å². The molecule has 7 heteroatoms. The Labute approximate surface area is 178 Å². The van der Waals surface area contributed by atoms with Gasteiger partial charge in [0, 0.05) is 44.0 Å². The number of rotatable bonds is 6. The van der Waals surface area contributed by atoms with Crippen LogP contribution in [-0.4, -0.2) is 51.1 Å². The summed E-state index contributed by atoms with van der Waals surface area (Å²) in [6.07, 6.45) is 3.39. The summed E-state index contributed by atoms with van der Waals surface area (Å²) in [5, 5.41) is 6.53. The number of methoxy groups -OCH3 is 2. The van der Waals surface area contributed by atoms with E-state index in [-0.39, 0.29) is 5.91 Å². The van der Waals surface area contributed by atoms with Gasteiger partial charge in [-0.25, -0.2) is 0 Å². The quantitative estimate of drug-likeness (QED) is 0.563. The van der Waals surface area contributed by atoms with Crippen LogP contribution in [0, 0.1) is 0 Å². The van der Waals surface area contributed by atoms with Gasteiger partial charge >= 0.3 is 0 Å². The van der Waals surface area contributed by atoms with Crippen molar-refractivity contribution in [3.05, 3.63) is 53.6 Å². The summed E-state index contributed by atoms with van der Waals surface area (Å²) >= 11 is 0. The van der Waals surface area contributed by atoms with E-state index in [1.807, 2.05) is 47.4 Å². The third-order valence-corrected chi connectivity index (χ3v) is 5.15. The maximum absolute atomic E-state index is 12.7. The Kier molecular flexibility index (Phi) is 7.54. The number of carbonyl (C=O) groups excluding carboxylic acids is 1. The lowest BCUT2D eigenvalue weighted by atomic mass is 10.1. The van der Waals surface area contributed by atoms with E-state index in [0.29, 0.717) is 24.0 Å². The van der Waals surface area contributed by atoms with Crippen molar-refractivity contribution in [2.24, 2.45) is 4.99 Å². The van der Waals surface area contributed by atoms with Gasteiger partial charge in [0.2, 0.25) is 0 Å². The Balaban J connectivity index is 1.62. The summed E-state index contributed by atoms with van der Waals surface area (Å²) in [5.41, 5.74) is 2.59. The molecule has 0 bridgehead atoms. The summed E-state index contributed by atoms with van der Waals surface area (Å²) in [6, 6.07) is 13.4. The van der Waals surface area contributed by atoms with Gasteiger partial charge in [-0.15, -0.1) is 0 Å². The maximum Gasteiger partial charge on any atom is 0.253 e. The van der Waals surface area contributed by atoms with Crippen LogP contribution in [0.15, 0.2) is 47.5 Å². The number of amides is 1. The number of hydrogen-bond acceptors (Lipinski definition) is 4. The minimum atomic E-state index is 0.115. The number of anilines is 1. The lowest BCUT2D eigenvalue weighted by molar-refractivity contribution is 0.0724. The molecule has 2 N–H and O–H groups in total. The molecule has 0 saturated carbocycles. The molecule has 0 aromatic heterocycles. The van der Waals surface area contributed by atoms with Gasteiger partial charge in [-0.2, -0.15) is 0 Å². The summed E-state index contributed by atoms with van der Waals surface area (Å²) in [7, 11) is 4.93. The second-order valence-corrected chi connectivity index (χ2v) is 7.17. The summed E-state index contributed by atoms with van der Waals surface area (Å²) in [4.78, 5) is 19.0. The molecule has 30 heavy (non-hydrogen) atoms. The number of likely N-dealkylation sites (tertiary alicyclic amines) is 1. The highest BCUT2D eigenvalue weighted by molar-refractivity contribution is 5.95. The number of nitrogens with one attached hydrogen (secondary N) is 2. The Bertz CT molecular complexity index is 892. The van der Waals surface area contributed by atoms with E-state index < -0.39 is 0 Å². The molecule has 1 fully saturated rings. The monoisotopic (exact) mass is 410 g/mol. The van der Waals surface area contributed by atoms with Crippen LogP contribution in [0.2, 0.25) is 0 Å². The summed E-state index contributed by atoms with van der Waals surface area (Å²) in [5.74, 6) is 2.04. The minimum absolute atomic E-state index is 0.115. The molecule has 1 aliphatic heterocycles. The number of aliphatic imine (C=N–C) groups is 1. The predicted molar refractivity (Wildman–Crippen MR) is 120 cm³/mol. The highest BCUT2D eigenvalue weighted by Gasteiger charge is 2.18. The minimum Gasteiger partial charge on any atom is -0.493 e. The van der Waals surface area contributed by atoms with Crippen LogP contribution < -0.4 is 20.1 Å². The third-order valence-electron chi connectivity index (χ3n) is 5.15. The van der Waals surface area contributed by atoms with Crippen LogP contribution in [0.3, 0.4) is 0 Å². The van der Waals surface area contributed by atoms with E-state index in [1.165, 1.54) is 6.42 Å². The van der Waals surface area contributed by atoms with Crippen molar-refractivity contribution in [2.75, 3.05) is 39.7 Å². The first-order chi connectivity index (χ1) is 14.6. The number of hydrogen-bond donors (Lipinski definition) is 2. The Morgan fingerprint density at radius 3 is 2.50 bits per heavy atom. The van der Waals surface area contributed by atoms with Crippen molar-refractivity contribution in [1.82, 2.24) is 10.2 Å². The van der Waals surface area contributed by atoms with Crippen LogP contribution in [0.1, 0.15) is 35.2 Å². The molecular formula is C23H30N4O3. The molecular weight excluding hydrogens is 380 g/mol. The van der Waals surface area contributed by atoms with E-state index in [2.05, 4.69) is 15.6 Å². The molecule has 1 amide bonds. The fourth-order valence-electron chi connectivity index (χ4n) is 3.51. The van der Waals surface area contributed by atoms with E-state index in [4.69, 9.17) is 9.47 Å². The standard InChI is InChI=1S/C23H30N4O3/c1-24-23(26-19-10-11-20(29-2)21(15-19)30-3)25-16-17-8-7-9-18(14-17)22(28)27-12-5-4-6-13-27/h7-11,14-15H,4-6,12-13,16H2,1-3H3,(H2,24,25,26). The molecule has 160 valence electrons. The van der Waals surface area contributed by atoms with Crippen LogP contribution in [0.4, 0.5) is 5.69 Å². The Hall–Kier alpha value is -3.22. The van der Waals surface area contributed by atoms with Crippen molar-refractivity contribution in [2.45, 2.75) is 25.8 Å². The average Bonchev–Trinajstić information content (AvgIpc) is 2.81. The van der Waals surface area contributed by atoms with E-state index in [1.54, 1.807) is 21.3 Å². The number of ether oxygens (including phenoxy) is 2. The lowest BCUT2D eigenvalue weighted by Crippen LogP contribution is -2.35. The fraction of sp³-hybridized carbons (Fsp3) is 0.391. The second kappa shape index (κ2) is 10.5. The van der Waals surface area contributed by atoms with Gasteiger partial charge in [0.1, 0.15) is 0 Å². The average molecular weight is 411 g/mol. The molecule has 1 saturated heterocycles. The first-order valence-electron chi connectivity index (χ1n) is 10.2. The van der Waals surface area contributed by atoms with Gasteiger partial charge in [-0.1, -0.05) is 12.1 Å². The van der Waals surface area contributed by atoms with Gasteiger partial charge in [-0.05, 0) is 49.1 Å². The predicted octanol–water partition coefficient (Wildman–Crippen LogP) is 3.52. The van der Waals surface area contributed by atoms with Crippen molar-refractivity contribution in [3.63, 3.8) is 0 Å². The summed E-state index contributed by atoms with van der Waals surface area (Å²) < 4.78 is 10.6. The molecule has 1 heterocycles. The molecule has 1 aliphatic rings. The second-order valence-electron chi connectivity index (χ2n) is 7.17. The van der Waals surface area contributed by atoms with Gasteiger partial charge in [0.25, 0.3) is 5.91 Å². The van der Waals surface area contributed by atoms with Crippen LogP contribution in [0.25, 0.3) is 0 Å². The van der Waals surface area contributed by atoms with Gasteiger partial charge in [0.15, 0.2) is 17.5 Å². The molecule has 0 atom stereocenters. The lowest BCUT2D eigenvalue weighted by Gasteiger charge is -2.26. The first-order valence-corrected chi connectivity index (χ1v) is 10.2. The van der Waals surface area contributed by atoms with Crippen molar-refractivity contribution in [3.8, 4) is 11.5 Å². The first kappa shape index (κ1) is 21.5. The molecule has 0 spiro atoms. The molecule has 2 aromatic carbocycles. The van der Waals surface area contributed by atoms with Crippen molar-refractivity contribution >= 4 is 17.6 Å². The molecule has 3 rings (SSSR count). The number of benzene rings is 2. The molecule has 0 radical (unpaired) electrons. The summed E-state index contributed by atoms with van der Waals surface area (Å²) in [6.45, 7) is 2.25. The zero-order chi connectivity index (χ0) is 21.3. The smallest absolute Gasteiger partial charge is 0.253 e. The number of nitrogens with zero attached hydrogens (tertiary/aromatic N) is 2. The number of carbonyl (C=O) groups is 1. The van der Waals surface area contributed by atoms with Crippen LogP contribution >= 0.6 is 0 Å². The highest BCUT2D eigenvalue weighted by atomic mass is 16.5. The van der Waals surface area contributed by atoms with Gasteiger partial charge in [0.05, 0.1) is 14.2 Å². The normalized spacial score (nSPS) is 14.2. The number of guanidine groups is 1. The van der Waals surface area contributed by atoms with Crippen LogP contribution in [0.5, 0.6) is 11.5 Å². The zero-order valence-corrected chi connectivity index (χ0v) is 17.9. The van der Waals surface area contributed by atoms with Gasteiger partial charge in [-0.3, -0.25) is 9.79 Å². The zero-order valence-electron chi connectivity index (χ0n) is 17.9. The van der Waals surface area contributed by atoms with E-state index in [9.17, 15) is 4.79 Å². The maximum atomic E-state index is 12.7. The Morgan fingerprint density at radius 2 is 1.80 bits per heavy atom. The van der Waals surface area contributed by atoms with Crippen LogP contribution in [-0.2, 0) is 6.54 Å². The van der Waals surface area contributed by atoms with Crippen molar-refractivity contribution < 1.29 is 14.3 Å². The highest BCUT2D eigenvalue weighted by Crippen LogP contribution is 2.29. The van der Waals surface area contributed by atoms with Crippen molar-refractivity contribution in [1.29, 1.82) is 0 Å². The molecule has 2 aromatic rings. The number of piperidine rings is 1. The molecule has 0 unspecified atom stereocenters. The molecule has 7 nitrogen and oxygen atoms in total. The van der Waals surface area contributed by atoms with Gasteiger partial charge < -0.3 is 25.0 Å². The van der Waals surface area contributed by atoms with E-state index >= 15 is 0 Å². The fourth-order valence-corrected chi connectivity index (χ4v) is 3.51. The largest absolute Gasteiger partial charge is 0.493 e. The topological polar surface area (TPSA) is 75.2 Å². The Morgan fingerprint density at radius 1 is 1.03 bits per heavy atom. The third kappa shape index (κ3) is 5.43. The molecule has 0 aliphatic carbocycles.